The predicted octanol–water partition coefficient (Wildman–Crippen LogP) is 1.43. The minimum absolute atomic E-state index is 0.0341. The first-order valence-corrected chi connectivity index (χ1v) is 7.59. The molecular weight excluding hydrogens is 301 g/mol. The monoisotopic (exact) mass is 322 g/mol. The average molecular weight is 322 g/mol. The Morgan fingerprint density at radius 2 is 1.59 bits per heavy atom. The molecule has 0 saturated carbocycles. The van der Waals surface area contributed by atoms with Gasteiger partial charge in [0.2, 0.25) is 5.91 Å². The van der Waals surface area contributed by atoms with Gasteiger partial charge in [0, 0.05) is 45.8 Å². The molecule has 0 bridgehead atoms. The third kappa shape index (κ3) is 4.59. The molecule has 2 rings (SSSR count). The highest BCUT2D eigenvalue weighted by Crippen LogP contribution is 2.22. The molecule has 0 spiro atoms. The van der Waals surface area contributed by atoms with Crippen molar-refractivity contribution in [2.24, 2.45) is 5.92 Å². The normalized spacial score (nSPS) is 21.6. The minimum Gasteiger partial charge on any atom is -0.381 e. The molecule has 0 aromatic carbocycles. The Labute approximate surface area is 127 Å². The number of hydrogen-bond donors (Lipinski definition) is 0. The second-order valence-electron chi connectivity index (χ2n) is 5.78. The number of ether oxygens (including phenoxy) is 1. The van der Waals surface area contributed by atoms with Crippen LogP contribution in [0.2, 0.25) is 0 Å². The molecule has 2 aliphatic rings. The minimum atomic E-state index is -4.85. The zero-order chi connectivity index (χ0) is 16.2. The first kappa shape index (κ1) is 17.1. The van der Waals surface area contributed by atoms with E-state index in [1.54, 1.807) is 4.90 Å². The van der Waals surface area contributed by atoms with E-state index in [-0.39, 0.29) is 31.5 Å². The van der Waals surface area contributed by atoms with Crippen LogP contribution in [0.25, 0.3) is 0 Å². The van der Waals surface area contributed by atoms with Gasteiger partial charge < -0.3 is 14.5 Å². The van der Waals surface area contributed by atoms with Crippen molar-refractivity contribution in [3.8, 4) is 0 Å². The number of nitrogens with zero attached hydrogens (tertiary/aromatic N) is 2. The van der Waals surface area contributed by atoms with Gasteiger partial charge in [0.05, 0.1) is 0 Å². The maximum absolute atomic E-state index is 12.4. The lowest BCUT2D eigenvalue weighted by Crippen LogP contribution is -2.43. The molecule has 0 aromatic rings. The van der Waals surface area contributed by atoms with E-state index >= 15 is 0 Å². The van der Waals surface area contributed by atoms with Crippen molar-refractivity contribution in [2.45, 2.75) is 31.9 Å². The van der Waals surface area contributed by atoms with E-state index in [0.717, 1.165) is 17.7 Å². The Bertz CT molecular complexity index is 409. The van der Waals surface area contributed by atoms with Gasteiger partial charge >= 0.3 is 12.1 Å². The predicted molar refractivity (Wildman–Crippen MR) is 72.0 cm³/mol. The molecule has 5 nitrogen and oxygen atoms in total. The molecule has 0 atom stereocenters. The van der Waals surface area contributed by atoms with Gasteiger partial charge in [-0.25, -0.2) is 0 Å². The lowest BCUT2D eigenvalue weighted by molar-refractivity contribution is -0.185. The third-order valence-corrected chi connectivity index (χ3v) is 4.18. The van der Waals surface area contributed by atoms with E-state index in [1.165, 1.54) is 0 Å². The summed E-state index contributed by atoms with van der Waals surface area (Å²) < 4.78 is 42.6. The number of rotatable bonds is 2. The topological polar surface area (TPSA) is 49.9 Å². The first-order valence-electron chi connectivity index (χ1n) is 7.59. The summed E-state index contributed by atoms with van der Waals surface area (Å²) in [5.41, 5.74) is 0. The van der Waals surface area contributed by atoms with Gasteiger partial charge in [0.25, 0.3) is 0 Å². The van der Waals surface area contributed by atoms with Gasteiger partial charge in [-0.1, -0.05) is 0 Å². The van der Waals surface area contributed by atoms with Crippen LogP contribution in [0.4, 0.5) is 13.2 Å². The van der Waals surface area contributed by atoms with Crippen molar-refractivity contribution in [1.82, 2.24) is 9.80 Å². The zero-order valence-electron chi connectivity index (χ0n) is 12.4. The molecule has 0 unspecified atom stereocenters. The summed E-state index contributed by atoms with van der Waals surface area (Å²) in [6.45, 7) is 1.88. The molecule has 0 N–H and O–H groups in total. The van der Waals surface area contributed by atoms with E-state index in [4.69, 9.17) is 4.74 Å². The van der Waals surface area contributed by atoms with Crippen LogP contribution in [0.1, 0.15) is 25.7 Å². The van der Waals surface area contributed by atoms with Gasteiger partial charge in [-0.15, -0.1) is 0 Å². The molecule has 0 aromatic heterocycles. The number of halogens is 3. The Kier molecular flexibility index (Phi) is 5.66. The molecular formula is C14H21F3N2O3. The Balaban J connectivity index is 1.84. The fraction of sp³-hybridized carbons (Fsp3) is 0.857. The summed E-state index contributed by atoms with van der Waals surface area (Å²) in [5.74, 6) is -1.56. The van der Waals surface area contributed by atoms with Gasteiger partial charge in [-0.05, 0) is 25.2 Å². The molecule has 2 heterocycles. The molecule has 2 amide bonds. The van der Waals surface area contributed by atoms with Crippen molar-refractivity contribution in [2.75, 3.05) is 39.4 Å². The summed E-state index contributed by atoms with van der Waals surface area (Å²) in [5, 5.41) is 0. The smallest absolute Gasteiger partial charge is 0.381 e. The summed E-state index contributed by atoms with van der Waals surface area (Å²) in [4.78, 5) is 25.9. The van der Waals surface area contributed by atoms with Gasteiger partial charge in [0.15, 0.2) is 0 Å². The van der Waals surface area contributed by atoms with Crippen LogP contribution in [0.15, 0.2) is 0 Å². The average Bonchev–Trinajstić information content (AvgIpc) is 2.72. The standard InChI is InChI=1S/C14H21F3N2O3/c15-14(16,17)13(21)19-5-1-4-18(6-7-19)12(20)10-11-2-8-22-9-3-11/h11H,1-10H2. The van der Waals surface area contributed by atoms with Crippen molar-refractivity contribution in [3.63, 3.8) is 0 Å². The quantitative estimate of drug-likeness (QED) is 0.773. The highest BCUT2D eigenvalue weighted by molar-refractivity contribution is 5.82. The number of carbonyl (C=O) groups is 2. The third-order valence-electron chi connectivity index (χ3n) is 4.18. The zero-order valence-corrected chi connectivity index (χ0v) is 12.4. The second-order valence-corrected chi connectivity index (χ2v) is 5.78. The maximum Gasteiger partial charge on any atom is 0.471 e. The highest BCUT2D eigenvalue weighted by atomic mass is 19.4. The van der Waals surface area contributed by atoms with E-state index in [2.05, 4.69) is 0 Å². The molecule has 22 heavy (non-hydrogen) atoms. The van der Waals surface area contributed by atoms with Crippen molar-refractivity contribution in [1.29, 1.82) is 0 Å². The van der Waals surface area contributed by atoms with Gasteiger partial charge in [-0.2, -0.15) is 13.2 Å². The second kappa shape index (κ2) is 7.30. The van der Waals surface area contributed by atoms with Crippen LogP contribution in [-0.2, 0) is 14.3 Å². The summed E-state index contributed by atoms with van der Waals surface area (Å²) in [6, 6.07) is 0. The molecule has 8 heteroatoms. The highest BCUT2D eigenvalue weighted by Gasteiger charge is 2.42. The summed E-state index contributed by atoms with van der Waals surface area (Å²) in [6.07, 6.45) is -2.37. The first-order chi connectivity index (χ1) is 10.4. The molecule has 2 saturated heterocycles. The number of carbonyl (C=O) groups excluding carboxylic acids is 2. The Hall–Kier alpha value is -1.31. The fourth-order valence-corrected chi connectivity index (χ4v) is 2.88. The molecule has 2 fully saturated rings. The van der Waals surface area contributed by atoms with E-state index in [0.29, 0.717) is 32.6 Å². The van der Waals surface area contributed by atoms with E-state index in [1.807, 2.05) is 0 Å². The number of alkyl halides is 3. The Morgan fingerprint density at radius 1 is 1.00 bits per heavy atom. The summed E-state index contributed by atoms with van der Waals surface area (Å²) in [7, 11) is 0. The van der Waals surface area contributed by atoms with Crippen LogP contribution >= 0.6 is 0 Å². The van der Waals surface area contributed by atoms with Crippen LogP contribution in [-0.4, -0.2) is 67.2 Å². The summed E-state index contributed by atoms with van der Waals surface area (Å²) >= 11 is 0. The fourth-order valence-electron chi connectivity index (χ4n) is 2.88. The van der Waals surface area contributed by atoms with Gasteiger partial charge in [-0.3, -0.25) is 9.59 Å². The van der Waals surface area contributed by atoms with E-state index < -0.39 is 12.1 Å². The largest absolute Gasteiger partial charge is 0.471 e. The lowest BCUT2D eigenvalue weighted by Gasteiger charge is -2.26. The Morgan fingerprint density at radius 3 is 2.23 bits per heavy atom. The van der Waals surface area contributed by atoms with E-state index in [9.17, 15) is 22.8 Å². The van der Waals surface area contributed by atoms with Crippen LogP contribution < -0.4 is 0 Å². The van der Waals surface area contributed by atoms with Crippen LogP contribution in [0.5, 0.6) is 0 Å². The van der Waals surface area contributed by atoms with Gasteiger partial charge in [0.1, 0.15) is 0 Å². The maximum atomic E-state index is 12.4. The number of hydrogen-bond acceptors (Lipinski definition) is 3. The molecule has 0 aliphatic carbocycles. The van der Waals surface area contributed by atoms with Crippen molar-refractivity contribution < 1.29 is 27.5 Å². The lowest BCUT2D eigenvalue weighted by atomic mass is 9.96. The van der Waals surface area contributed by atoms with Crippen molar-refractivity contribution >= 4 is 11.8 Å². The van der Waals surface area contributed by atoms with Crippen LogP contribution in [0, 0.1) is 5.92 Å². The SMILES string of the molecule is O=C(CC1CCOCC1)N1CCCN(C(=O)C(F)(F)F)CC1. The molecule has 0 radical (unpaired) electrons. The van der Waals surface area contributed by atoms with Crippen LogP contribution in [0.3, 0.4) is 0 Å². The van der Waals surface area contributed by atoms with Crippen molar-refractivity contribution in [3.05, 3.63) is 0 Å². The molecule has 2 aliphatic heterocycles. The number of amides is 2. The molecule has 126 valence electrons.